The molecule has 0 amide bonds. The van der Waals surface area contributed by atoms with E-state index >= 15 is 0 Å². The van der Waals surface area contributed by atoms with Crippen LogP contribution in [0.5, 0.6) is 0 Å². The van der Waals surface area contributed by atoms with Crippen molar-refractivity contribution in [3.63, 3.8) is 0 Å². The third-order valence-electron chi connectivity index (χ3n) is 14.7. The molecule has 284 valence electrons. The average Bonchev–Trinajstić information content (AvgIpc) is 3.13. The van der Waals surface area contributed by atoms with E-state index in [4.69, 9.17) is 14.5 Å². The van der Waals surface area contributed by atoms with Crippen LogP contribution >= 0.6 is 0 Å². The monoisotopic (exact) mass is 700 g/mol. The van der Waals surface area contributed by atoms with Gasteiger partial charge < -0.3 is 14.9 Å². The van der Waals surface area contributed by atoms with Gasteiger partial charge >= 0.3 is 17.9 Å². The van der Waals surface area contributed by atoms with E-state index < -0.39 is 23.8 Å². The highest BCUT2D eigenvalue weighted by atomic mass is 17.2. The van der Waals surface area contributed by atoms with Gasteiger partial charge in [-0.1, -0.05) is 70.6 Å². The van der Waals surface area contributed by atoms with E-state index in [0.29, 0.717) is 43.1 Å². The van der Waals surface area contributed by atoms with E-state index in [1.54, 1.807) is 0 Å². The van der Waals surface area contributed by atoms with Gasteiger partial charge in [0.25, 0.3) is 0 Å². The topological polar surface area (TPSA) is 119 Å². The quantitative estimate of drug-likeness (QED) is 0.111. The zero-order chi connectivity index (χ0) is 34.9. The first-order chi connectivity index (χ1) is 24.3. The van der Waals surface area contributed by atoms with Crippen LogP contribution in [0, 0.1) is 59.2 Å². The fourth-order valence-electron chi connectivity index (χ4n) is 11.7. The zero-order valence-electron chi connectivity index (χ0n) is 30.9. The molecule has 0 aromatic carbocycles. The van der Waals surface area contributed by atoms with Crippen LogP contribution in [0.25, 0.3) is 0 Å². The Balaban J connectivity index is 0.854. The molecule has 6 fully saturated rings. The average molecular weight is 701 g/mol. The molecule has 50 heavy (non-hydrogen) atoms. The molecule has 6 rings (SSSR count). The van der Waals surface area contributed by atoms with E-state index in [1.165, 1.54) is 70.6 Å². The van der Waals surface area contributed by atoms with Crippen LogP contribution in [0.3, 0.4) is 0 Å². The van der Waals surface area contributed by atoms with E-state index in [9.17, 15) is 24.6 Å². The van der Waals surface area contributed by atoms with Crippen molar-refractivity contribution >= 4 is 17.9 Å². The van der Waals surface area contributed by atoms with Gasteiger partial charge in [0.05, 0.1) is 30.5 Å². The van der Waals surface area contributed by atoms with Crippen molar-refractivity contribution in [2.75, 3.05) is 6.61 Å². The maximum Gasteiger partial charge on any atom is 0.310 e. The van der Waals surface area contributed by atoms with Crippen LogP contribution in [0.15, 0.2) is 0 Å². The lowest BCUT2D eigenvalue weighted by Crippen LogP contribution is -2.39. The maximum absolute atomic E-state index is 13.3. The van der Waals surface area contributed by atoms with E-state index in [0.717, 1.165) is 95.3 Å². The molecule has 2 N–H and O–H groups in total. The number of hydrogen-bond acceptors (Lipinski definition) is 6. The standard InChI is InChI=1S/C42H68O8/c43-40(44)38-25-30(23-28-7-3-1-4-8-28)11-13-34(38)27-48-50-36-20-16-33(17-21-36)32-14-18-35(19-15-32)49-42(47)37-22-12-31(26-39(37)41(45)46)24-29-9-5-2-6-10-29/h28-39H,1-27H2,(H,43,44)(H,45,46). The third-order valence-corrected chi connectivity index (χ3v) is 14.7. The Morgan fingerprint density at radius 3 is 1.52 bits per heavy atom. The summed E-state index contributed by atoms with van der Waals surface area (Å²) < 4.78 is 6.03. The predicted octanol–water partition coefficient (Wildman–Crippen LogP) is 9.77. The smallest absolute Gasteiger partial charge is 0.310 e. The highest BCUT2D eigenvalue weighted by Crippen LogP contribution is 2.44. The molecule has 0 saturated heterocycles. The minimum Gasteiger partial charge on any atom is -0.481 e. The van der Waals surface area contributed by atoms with Crippen molar-refractivity contribution in [3.8, 4) is 0 Å². The number of aliphatic carboxylic acids is 2. The fraction of sp³-hybridized carbons (Fsp3) is 0.929. The van der Waals surface area contributed by atoms with Crippen molar-refractivity contribution in [2.45, 2.75) is 179 Å². The molecule has 6 atom stereocenters. The van der Waals surface area contributed by atoms with Gasteiger partial charge in [-0.15, -0.1) is 0 Å². The van der Waals surface area contributed by atoms with Crippen molar-refractivity contribution in [3.05, 3.63) is 0 Å². The molecule has 0 aromatic heterocycles. The zero-order valence-corrected chi connectivity index (χ0v) is 30.9. The Hall–Kier alpha value is -1.67. The molecule has 0 heterocycles. The highest BCUT2D eigenvalue weighted by Gasteiger charge is 2.42. The van der Waals surface area contributed by atoms with Gasteiger partial charge in [-0.2, -0.15) is 0 Å². The summed E-state index contributed by atoms with van der Waals surface area (Å²) in [6, 6.07) is 0. The molecule has 0 radical (unpaired) electrons. The van der Waals surface area contributed by atoms with Crippen molar-refractivity contribution in [2.24, 2.45) is 59.2 Å². The first-order valence-corrected chi connectivity index (χ1v) is 21.3. The molecule has 6 aliphatic rings. The van der Waals surface area contributed by atoms with Crippen molar-refractivity contribution in [1.29, 1.82) is 0 Å². The van der Waals surface area contributed by atoms with Crippen LogP contribution in [-0.2, 0) is 28.9 Å². The first kappa shape index (κ1) is 38.1. The summed E-state index contributed by atoms with van der Waals surface area (Å²) in [5.41, 5.74) is 0. The number of carbonyl (C=O) groups is 3. The molecular weight excluding hydrogens is 632 g/mol. The Morgan fingerprint density at radius 1 is 0.480 bits per heavy atom. The maximum atomic E-state index is 13.3. The van der Waals surface area contributed by atoms with Crippen molar-refractivity contribution in [1.82, 2.24) is 0 Å². The second-order valence-corrected chi connectivity index (χ2v) is 18.0. The Bertz CT molecular complexity index is 1070. The number of esters is 1. The summed E-state index contributed by atoms with van der Waals surface area (Å²) >= 11 is 0. The van der Waals surface area contributed by atoms with E-state index in [1.807, 2.05) is 0 Å². The summed E-state index contributed by atoms with van der Waals surface area (Å²) in [6.45, 7) is 0.380. The molecule has 6 unspecified atom stereocenters. The van der Waals surface area contributed by atoms with Gasteiger partial charge in [0.2, 0.25) is 0 Å². The molecule has 0 bridgehead atoms. The second-order valence-electron chi connectivity index (χ2n) is 18.0. The lowest BCUT2D eigenvalue weighted by molar-refractivity contribution is -0.337. The Kier molecular flexibility index (Phi) is 14.4. The fourth-order valence-corrected chi connectivity index (χ4v) is 11.7. The number of carbonyl (C=O) groups excluding carboxylic acids is 1. The molecular formula is C42H68O8. The summed E-state index contributed by atoms with van der Waals surface area (Å²) in [7, 11) is 0. The predicted molar refractivity (Wildman–Crippen MR) is 191 cm³/mol. The summed E-state index contributed by atoms with van der Waals surface area (Å²) in [6.07, 6.45) is 28.6. The van der Waals surface area contributed by atoms with Gasteiger partial charge in [-0.3, -0.25) is 14.4 Å². The Morgan fingerprint density at radius 2 is 0.980 bits per heavy atom. The molecule has 6 saturated carbocycles. The van der Waals surface area contributed by atoms with Crippen LogP contribution in [0.1, 0.15) is 167 Å². The minimum atomic E-state index is -0.828. The van der Waals surface area contributed by atoms with Crippen LogP contribution in [0.2, 0.25) is 0 Å². The normalized spacial score (nSPS) is 37.9. The highest BCUT2D eigenvalue weighted by molar-refractivity contribution is 5.81. The molecule has 0 aliphatic heterocycles. The molecule has 0 aromatic rings. The molecule has 6 aliphatic carbocycles. The van der Waals surface area contributed by atoms with Gasteiger partial charge in [-0.05, 0) is 138 Å². The van der Waals surface area contributed by atoms with Gasteiger partial charge in [0.1, 0.15) is 6.10 Å². The lowest BCUT2D eigenvalue weighted by atomic mass is 9.70. The summed E-state index contributed by atoms with van der Waals surface area (Å²) in [5, 5.41) is 20.0. The number of carboxylic acids is 2. The number of rotatable bonds is 13. The van der Waals surface area contributed by atoms with Crippen molar-refractivity contribution < 1.29 is 39.1 Å². The van der Waals surface area contributed by atoms with Crippen LogP contribution in [-0.4, -0.2) is 46.9 Å². The molecule has 8 heteroatoms. The second kappa shape index (κ2) is 18.9. The number of carboxylic acid groups (broad SMARTS) is 2. The Labute approximate surface area is 301 Å². The van der Waals surface area contributed by atoms with E-state index in [-0.39, 0.29) is 30.0 Å². The summed E-state index contributed by atoms with van der Waals surface area (Å²) in [5.74, 6) is 0.625. The SMILES string of the molecule is O=C(O)C1CC(CC2CCCCC2)CCC1COOC1CCC(C2CCC(OC(=O)C3CCC(CC4CCCCC4)CC3C(=O)O)CC2)CC1. The molecule has 8 nitrogen and oxygen atoms in total. The van der Waals surface area contributed by atoms with Gasteiger partial charge in [-0.25, -0.2) is 9.78 Å². The lowest BCUT2D eigenvalue weighted by Gasteiger charge is -2.38. The minimum absolute atomic E-state index is 0.0343. The van der Waals surface area contributed by atoms with Gasteiger partial charge in [0, 0.05) is 0 Å². The largest absolute Gasteiger partial charge is 0.481 e. The number of hydrogen-bond donors (Lipinski definition) is 2. The summed E-state index contributed by atoms with van der Waals surface area (Å²) in [4.78, 5) is 49.3. The van der Waals surface area contributed by atoms with Crippen LogP contribution < -0.4 is 0 Å². The van der Waals surface area contributed by atoms with Crippen LogP contribution in [0.4, 0.5) is 0 Å². The van der Waals surface area contributed by atoms with Gasteiger partial charge in [0.15, 0.2) is 0 Å². The molecule has 0 spiro atoms. The number of ether oxygens (including phenoxy) is 1. The first-order valence-electron chi connectivity index (χ1n) is 21.3. The van der Waals surface area contributed by atoms with E-state index in [2.05, 4.69) is 0 Å². The third kappa shape index (κ3) is 10.7.